The van der Waals surface area contributed by atoms with Gasteiger partial charge in [-0.25, -0.2) is 0 Å². The second kappa shape index (κ2) is 16.4. The van der Waals surface area contributed by atoms with E-state index in [-0.39, 0.29) is 95.3 Å². The molecule has 5 rings (SSSR count). The van der Waals surface area contributed by atoms with Crippen LogP contribution >= 0.6 is 0 Å². The maximum Gasteiger partial charge on any atom is 0.192 e. The van der Waals surface area contributed by atoms with Gasteiger partial charge in [0.2, 0.25) is 0 Å². The summed E-state index contributed by atoms with van der Waals surface area (Å²) in [4.78, 5) is 13.6. The Labute approximate surface area is 356 Å². The molecule has 0 amide bonds. The molecule has 7 atom stereocenters. The average Bonchev–Trinajstić information content (AvgIpc) is 3.77. The summed E-state index contributed by atoms with van der Waals surface area (Å²) in [6.07, 6.45) is 13.9. The van der Waals surface area contributed by atoms with Crippen molar-refractivity contribution >= 4 is 22.4 Å². The predicted octanol–water partition coefficient (Wildman–Crippen LogP) is 11.9. The number of benzene rings is 1. The first-order valence-corrected chi connectivity index (χ1v) is 26.1. The number of aliphatic hydroxyl groups is 1. The van der Waals surface area contributed by atoms with Crippen molar-refractivity contribution in [2.24, 2.45) is 23.2 Å². The van der Waals surface area contributed by atoms with E-state index in [1.807, 2.05) is 18.2 Å². The predicted molar refractivity (Wildman–Crippen MR) is 219 cm³/mol. The van der Waals surface area contributed by atoms with Crippen LogP contribution in [0.1, 0.15) is 125 Å². The number of carbonyl (C=O) groups is 1. The van der Waals surface area contributed by atoms with Gasteiger partial charge in [0.05, 0.1) is 23.7 Å². The van der Waals surface area contributed by atoms with Crippen LogP contribution in [-0.4, -0.2) is 45.8 Å². The zero-order chi connectivity index (χ0) is 37.8. The molecule has 0 heterocycles. The summed E-state index contributed by atoms with van der Waals surface area (Å²) in [5.41, 5.74) is 4.87. The third-order valence-electron chi connectivity index (χ3n) is 15.0. The number of aliphatic hydroxyl groups excluding tert-OH is 1. The Bertz CT molecular complexity index is 1490. The number of hydrogen-bond acceptors (Lipinski definition) is 4. The van der Waals surface area contributed by atoms with E-state index < -0.39 is 22.7 Å². The van der Waals surface area contributed by atoms with Crippen LogP contribution in [0.15, 0.2) is 65.8 Å². The second-order valence-electron chi connectivity index (χ2n) is 20.4. The molecule has 0 aliphatic heterocycles. The fourth-order valence-electron chi connectivity index (χ4n) is 9.36. The molecule has 4 saturated carbocycles. The van der Waals surface area contributed by atoms with Gasteiger partial charge in [0.15, 0.2) is 16.6 Å². The molecule has 287 valence electrons. The van der Waals surface area contributed by atoms with Crippen molar-refractivity contribution in [2.75, 3.05) is 0 Å². The molecule has 52 heavy (non-hydrogen) atoms. The zero-order valence-electron chi connectivity index (χ0n) is 35.0. The number of Topliss-reactive ketones (excluding diaryl/α,β-unsaturated/α-hetero) is 1. The second-order valence-corrected chi connectivity index (χ2v) is 29.9. The minimum absolute atomic E-state index is 0. The van der Waals surface area contributed by atoms with Gasteiger partial charge in [-0.15, -0.1) is 0 Å². The Morgan fingerprint density at radius 1 is 0.962 bits per heavy atom. The molecular weight excluding hydrogens is 888 g/mol. The van der Waals surface area contributed by atoms with Crippen LogP contribution in [-0.2, 0) is 19.1 Å². The van der Waals surface area contributed by atoms with E-state index in [9.17, 15) is 9.90 Å². The Kier molecular flexibility index (Phi) is 14.0. The van der Waals surface area contributed by atoms with Crippen LogP contribution in [0.2, 0.25) is 36.3 Å². The molecule has 4 aliphatic rings. The van der Waals surface area contributed by atoms with Crippen molar-refractivity contribution in [3.05, 3.63) is 71.3 Å². The van der Waals surface area contributed by atoms with E-state index in [1.165, 1.54) is 18.4 Å². The van der Waals surface area contributed by atoms with Crippen LogP contribution in [0.3, 0.4) is 0 Å². The summed E-state index contributed by atoms with van der Waals surface area (Å²) in [6, 6.07) is 10.2. The van der Waals surface area contributed by atoms with Crippen molar-refractivity contribution in [3.8, 4) is 0 Å². The maximum absolute atomic E-state index is 13.6. The van der Waals surface area contributed by atoms with E-state index in [0.717, 1.165) is 56.1 Å². The molecule has 1 N–H and O–H groups in total. The number of ketones is 1. The summed E-state index contributed by atoms with van der Waals surface area (Å²) in [5, 5.41) is 11.9. The van der Waals surface area contributed by atoms with Gasteiger partial charge in [-0.3, -0.25) is 4.79 Å². The minimum Gasteiger partial charge on any atom is -0.413 e. The number of carbonyl (C=O) groups excluding carboxylic acids is 1. The van der Waals surface area contributed by atoms with Gasteiger partial charge >= 0.3 is 0 Å². The van der Waals surface area contributed by atoms with Gasteiger partial charge < -0.3 is 14.0 Å². The molecule has 0 spiro atoms. The van der Waals surface area contributed by atoms with Crippen molar-refractivity contribution in [3.63, 3.8) is 0 Å². The van der Waals surface area contributed by atoms with E-state index in [2.05, 4.69) is 112 Å². The van der Waals surface area contributed by atoms with Gasteiger partial charge in [-0.2, -0.15) is 0 Å². The first-order valence-electron chi connectivity index (χ1n) is 20.2. The van der Waals surface area contributed by atoms with Gasteiger partial charge in [-0.1, -0.05) is 110 Å². The average molecular weight is 960 g/mol. The van der Waals surface area contributed by atoms with Gasteiger partial charge in [-0.05, 0) is 128 Å². The Morgan fingerprint density at radius 2 is 1.56 bits per heavy atom. The molecule has 0 aromatic heterocycles. The van der Waals surface area contributed by atoms with Crippen LogP contribution in [0.25, 0.3) is 0 Å². The first-order chi connectivity index (χ1) is 23.5. The van der Waals surface area contributed by atoms with Crippen LogP contribution in [0.4, 0.5) is 0 Å². The van der Waals surface area contributed by atoms with Crippen LogP contribution < -0.4 is 0 Å². The van der Waals surface area contributed by atoms with Crippen molar-refractivity contribution < 1.29 is 62.8 Å². The number of rotatable bonds is 11. The third-order valence-corrected chi connectivity index (χ3v) is 24.0. The number of fused-ring (bicyclic) bond motifs is 1. The van der Waals surface area contributed by atoms with Crippen LogP contribution in [0.5, 0.6) is 0 Å². The molecular formula is C45H72AcO4Si2. The number of hydrogen-bond donors (Lipinski definition) is 1. The molecule has 4 fully saturated rings. The Balaban J connectivity index is 0.00000605. The summed E-state index contributed by atoms with van der Waals surface area (Å²) >= 11 is 0. The maximum atomic E-state index is 13.6. The fourth-order valence-corrected chi connectivity index (χ4v) is 12.0. The quantitative estimate of drug-likeness (QED) is 0.225. The largest absolute Gasteiger partial charge is 0.413 e. The van der Waals surface area contributed by atoms with Gasteiger partial charge in [0, 0.05) is 56.9 Å². The van der Waals surface area contributed by atoms with E-state index in [4.69, 9.17) is 8.85 Å². The molecule has 0 saturated heterocycles. The van der Waals surface area contributed by atoms with Gasteiger partial charge in [0.25, 0.3) is 0 Å². The minimum atomic E-state index is -2.02. The summed E-state index contributed by atoms with van der Waals surface area (Å²) in [6.45, 7) is 32.8. The van der Waals surface area contributed by atoms with Crippen molar-refractivity contribution in [1.29, 1.82) is 0 Å². The van der Waals surface area contributed by atoms with Gasteiger partial charge in [0.1, 0.15) is 5.78 Å². The van der Waals surface area contributed by atoms with Crippen molar-refractivity contribution in [1.82, 2.24) is 0 Å². The first kappa shape index (κ1) is 44.6. The van der Waals surface area contributed by atoms with Crippen LogP contribution in [0, 0.1) is 67.2 Å². The zero-order valence-corrected chi connectivity index (χ0v) is 41.8. The normalized spacial score (nSPS) is 30.8. The summed E-state index contributed by atoms with van der Waals surface area (Å²) in [5.74, 6) is 1.23. The monoisotopic (exact) mass is 960 g/mol. The Morgan fingerprint density at radius 3 is 2.13 bits per heavy atom. The SMILES string of the molecule is C=C1/C(=C\C=C2/CCC[C@]3(C)[C@@H]([C@H](C)C(O)CC(=O)C4(c5ccccc5)CC4)CC[C@@H]23)C[C@@H](O[Si](C)(C)C(C)(C)C)C[C@@H]1O[Si](C)(C)C(C)(C)C.[Ac]. The molecule has 1 unspecified atom stereocenters. The molecule has 4 nitrogen and oxygen atoms in total. The molecule has 4 aliphatic carbocycles. The molecule has 1 aromatic carbocycles. The fraction of sp³-hybridized carbons (Fsp3) is 0.711. The van der Waals surface area contributed by atoms with Crippen molar-refractivity contribution in [2.45, 2.75) is 180 Å². The van der Waals surface area contributed by atoms with E-state index in [0.29, 0.717) is 11.8 Å². The Hall–Kier alpha value is -0.135. The molecule has 1 radical (unpaired) electrons. The number of allylic oxidation sites excluding steroid dienone is 3. The van der Waals surface area contributed by atoms with E-state index in [1.54, 1.807) is 5.57 Å². The standard InChI is InChI=1S/C45H72O4Si2.Ac/c1-31-34(28-36(48-50(10,11)42(3,4)5)29-40(31)49-51(12,13)43(6,7)8)22-21-33-18-17-25-44(9)37(23-24-38(33)44)32(2)39(46)30-41(47)45(26-27-45)35-19-15-14-16-20-35;/h14-16,19-22,32,36-40,46H,1,17-18,23-30H2,2-13H3;/b33-21+,34-22-;/t32-,36+,37+,38-,39?,40-,44+;/m0./s1. The molecule has 0 bridgehead atoms. The smallest absolute Gasteiger partial charge is 0.192 e. The third kappa shape index (κ3) is 9.18. The van der Waals surface area contributed by atoms with E-state index >= 15 is 0 Å². The topological polar surface area (TPSA) is 55.8 Å². The summed E-state index contributed by atoms with van der Waals surface area (Å²) in [7, 11) is -4.00. The molecule has 1 aromatic rings. The molecule has 7 heteroatoms. The summed E-state index contributed by atoms with van der Waals surface area (Å²) < 4.78 is 14.2.